The monoisotopic (exact) mass is 275 g/mol. The van der Waals surface area contributed by atoms with Crippen molar-refractivity contribution in [2.45, 2.75) is 46.6 Å². The normalized spacial score (nSPS) is 11.9. The van der Waals surface area contributed by atoms with Gasteiger partial charge in [0.25, 0.3) is 0 Å². The summed E-state index contributed by atoms with van der Waals surface area (Å²) in [4.78, 5) is 4.66. The Labute approximate surface area is 119 Å². The molecule has 20 heavy (non-hydrogen) atoms. The van der Waals surface area contributed by atoms with Crippen LogP contribution in [-0.2, 0) is 12.0 Å². The first-order valence-electron chi connectivity index (χ1n) is 6.88. The lowest BCUT2D eigenvalue weighted by atomic mass is 9.95. The molecule has 108 valence electrons. The second-order valence-electron chi connectivity index (χ2n) is 6.13. The Hall–Kier alpha value is -1.84. The van der Waals surface area contributed by atoms with Crippen LogP contribution < -0.4 is 5.73 Å². The van der Waals surface area contributed by atoms with Crippen LogP contribution in [0, 0.1) is 12.7 Å². The predicted octanol–water partition coefficient (Wildman–Crippen LogP) is 3.90. The van der Waals surface area contributed by atoms with Crippen molar-refractivity contribution in [1.29, 1.82) is 0 Å². The smallest absolute Gasteiger partial charge is 0.131 e. The maximum absolute atomic E-state index is 13.7. The molecule has 0 unspecified atom stereocenters. The Kier molecular flexibility index (Phi) is 3.59. The third kappa shape index (κ3) is 2.42. The van der Waals surface area contributed by atoms with Gasteiger partial charge in [-0.05, 0) is 25.5 Å². The quantitative estimate of drug-likeness (QED) is 0.903. The van der Waals surface area contributed by atoms with Gasteiger partial charge < -0.3 is 10.3 Å². The number of anilines is 1. The zero-order chi connectivity index (χ0) is 15.1. The summed E-state index contributed by atoms with van der Waals surface area (Å²) in [5, 5.41) is 0. The molecule has 0 fully saturated rings. The zero-order valence-corrected chi connectivity index (χ0v) is 12.8. The highest BCUT2D eigenvalue weighted by molar-refractivity contribution is 5.71. The largest absolute Gasteiger partial charge is 0.383 e. The van der Waals surface area contributed by atoms with Crippen molar-refractivity contribution < 1.29 is 4.39 Å². The molecule has 0 atom stereocenters. The van der Waals surface area contributed by atoms with Gasteiger partial charge >= 0.3 is 0 Å². The molecule has 2 rings (SSSR count). The van der Waals surface area contributed by atoms with E-state index < -0.39 is 0 Å². The number of benzene rings is 1. The number of halogens is 1. The van der Waals surface area contributed by atoms with Gasteiger partial charge in [0.15, 0.2) is 0 Å². The first kappa shape index (κ1) is 14.6. The standard InChI is InChI=1S/C16H22FN3/c1-6-20-14(18)13(19-15(20)16(3,4)5)11-8-7-10(2)12(17)9-11/h7-9H,6,18H2,1-5H3. The minimum Gasteiger partial charge on any atom is -0.383 e. The van der Waals surface area contributed by atoms with E-state index in [1.54, 1.807) is 13.0 Å². The fourth-order valence-electron chi connectivity index (χ4n) is 2.31. The van der Waals surface area contributed by atoms with E-state index in [1.807, 2.05) is 17.6 Å². The van der Waals surface area contributed by atoms with Crippen LogP contribution in [0.5, 0.6) is 0 Å². The van der Waals surface area contributed by atoms with Crippen LogP contribution in [0.2, 0.25) is 0 Å². The van der Waals surface area contributed by atoms with Gasteiger partial charge in [0.05, 0.1) is 0 Å². The number of aromatic nitrogens is 2. The molecule has 0 spiro atoms. The second kappa shape index (κ2) is 4.93. The molecule has 1 heterocycles. The van der Waals surface area contributed by atoms with Crippen LogP contribution in [0.15, 0.2) is 18.2 Å². The molecule has 0 aliphatic rings. The molecular formula is C16H22FN3. The zero-order valence-electron chi connectivity index (χ0n) is 12.8. The van der Waals surface area contributed by atoms with Gasteiger partial charge in [0, 0.05) is 17.5 Å². The van der Waals surface area contributed by atoms with Crippen LogP contribution in [-0.4, -0.2) is 9.55 Å². The topological polar surface area (TPSA) is 43.8 Å². The Morgan fingerprint density at radius 1 is 1.30 bits per heavy atom. The highest BCUT2D eigenvalue weighted by Crippen LogP contribution is 2.32. The van der Waals surface area contributed by atoms with Crippen molar-refractivity contribution in [2.75, 3.05) is 5.73 Å². The average Bonchev–Trinajstić information content (AvgIpc) is 2.69. The first-order chi connectivity index (χ1) is 9.25. The van der Waals surface area contributed by atoms with Crippen LogP contribution in [0.3, 0.4) is 0 Å². The minimum atomic E-state index is -0.231. The molecule has 2 aromatic rings. The maximum atomic E-state index is 13.7. The van der Waals surface area contributed by atoms with E-state index in [0.717, 1.165) is 17.9 Å². The van der Waals surface area contributed by atoms with Crippen molar-refractivity contribution in [1.82, 2.24) is 9.55 Å². The van der Waals surface area contributed by atoms with Gasteiger partial charge in [-0.1, -0.05) is 32.9 Å². The summed E-state index contributed by atoms with van der Waals surface area (Å²) in [5.74, 6) is 1.29. The van der Waals surface area contributed by atoms with Crippen molar-refractivity contribution in [2.24, 2.45) is 0 Å². The second-order valence-corrected chi connectivity index (χ2v) is 6.13. The van der Waals surface area contributed by atoms with Gasteiger partial charge in [-0.25, -0.2) is 9.37 Å². The van der Waals surface area contributed by atoms with Crippen LogP contribution in [0.4, 0.5) is 10.2 Å². The number of nitrogens with zero attached hydrogens (tertiary/aromatic N) is 2. The molecule has 1 aromatic heterocycles. The third-order valence-electron chi connectivity index (χ3n) is 3.44. The molecule has 0 aliphatic heterocycles. The van der Waals surface area contributed by atoms with Crippen LogP contribution in [0.1, 0.15) is 39.1 Å². The maximum Gasteiger partial charge on any atom is 0.131 e. The fourth-order valence-corrected chi connectivity index (χ4v) is 2.31. The van der Waals surface area contributed by atoms with E-state index in [0.29, 0.717) is 17.1 Å². The summed E-state index contributed by atoms with van der Waals surface area (Å²) in [6.07, 6.45) is 0. The Balaban J connectivity index is 2.63. The number of aryl methyl sites for hydroxylation is 1. The third-order valence-corrected chi connectivity index (χ3v) is 3.44. The minimum absolute atomic E-state index is 0.106. The summed E-state index contributed by atoms with van der Waals surface area (Å²) in [6.45, 7) is 10.8. The Morgan fingerprint density at radius 3 is 2.40 bits per heavy atom. The first-order valence-corrected chi connectivity index (χ1v) is 6.88. The number of rotatable bonds is 2. The summed E-state index contributed by atoms with van der Waals surface area (Å²) in [5.41, 5.74) is 8.12. The average molecular weight is 275 g/mol. The van der Waals surface area contributed by atoms with E-state index in [9.17, 15) is 4.39 Å². The van der Waals surface area contributed by atoms with Crippen LogP contribution in [0.25, 0.3) is 11.3 Å². The lowest BCUT2D eigenvalue weighted by Crippen LogP contribution is -2.19. The molecule has 0 amide bonds. The SMILES string of the molecule is CCn1c(C(C)(C)C)nc(-c2ccc(C)c(F)c2)c1N. The van der Waals surface area contributed by atoms with Crippen molar-refractivity contribution in [3.8, 4) is 11.3 Å². The molecule has 1 aromatic carbocycles. The highest BCUT2D eigenvalue weighted by Gasteiger charge is 2.24. The highest BCUT2D eigenvalue weighted by atomic mass is 19.1. The Bertz CT molecular complexity index is 636. The lowest BCUT2D eigenvalue weighted by Gasteiger charge is -2.19. The van der Waals surface area contributed by atoms with Crippen molar-refractivity contribution >= 4 is 5.82 Å². The molecule has 0 bridgehead atoms. The molecule has 0 saturated heterocycles. The van der Waals surface area contributed by atoms with Gasteiger partial charge in [-0.15, -0.1) is 0 Å². The summed E-state index contributed by atoms with van der Waals surface area (Å²) >= 11 is 0. The molecule has 0 aliphatic carbocycles. The summed E-state index contributed by atoms with van der Waals surface area (Å²) in [6, 6.07) is 5.12. The lowest BCUT2D eigenvalue weighted by molar-refractivity contribution is 0.508. The number of nitrogen functional groups attached to an aromatic ring is 1. The molecule has 2 N–H and O–H groups in total. The number of hydrogen-bond acceptors (Lipinski definition) is 2. The Morgan fingerprint density at radius 2 is 1.95 bits per heavy atom. The summed E-state index contributed by atoms with van der Waals surface area (Å²) < 4.78 is 15.7. The van der Waals surface area contributed by atoms with E-state index in [1.165, 1.54) is 6.07 Å². The van der Waals surface area contributed by atoms with Gasteiger partial charge in [-0.2, -0.15) is 0 Å². The molecule has 3 nitrogen and oxygen atoms in total. The number of nitrogens with two attached hydrogens (primary N) is 1. The van der Waals surface area contributed by atoms with Gasteiger partial charge in [0.1, 0.15) is 23.2 Å². The van der Waals surface area contributed by atoms with Gasteiger partial charge in [0.2, 0.25) is 0 Å². The molecule has 0 radical (unpaired) electrons. The van der Waals surface area contributed by atoms with E-state index in [-0.39, 0.29) is 11.2 Å². The predicted molar refractivity (Wildman–Crippen MR) is 81.1 cm³/mol. The molecular weight excluding hydrogens is 253 g/mol. The van der Waals surface area contributed by atoms with E-state index in [2.05, 4.69) is 25.8 Å². The number of imidazole rings is 1. The fraction of sp³-hybridized carbons (Fsp3) is 0.438. The summed E-state index contributed by atoms with van der Waals surface area (Å²) in [7, 11) is 0. The van der Waals surface area contributed by atoms with Crippen LogP contribution >= 0.6 is 0 Å². The van der Waals surface area contributed by atoms with E-state index >= 15 is 0 Å². The van der Waals surface area contributed by atoms with Crippen molar-refractivity contribution in [3.05, 3.63) is 35.4 Å². The van der Waals surface area contributed by atoms with Gasteiger partial charge in [-0.3, -0.25) is 0 Å². The van der Waals surface area contributed by atoms with E-state index in [4.69, 9.17) is 5.73 Å². The van der Waals surface area contributed by atoms with Crippen molar-refractivity contribution in [3.63, 3.8) is 0 Å². The molecule has 4 heteroatoms. The number of hydrogen-bond donors (Lipinski definition) is 1. The molecule has 0 saturated carbocycles.